The lowest BCUT2D eigenvalue weighted by molar-refractivity contribution is -0.119. The van der Waals surface area contributed by atoms with Gasteiger partial charge in [0.25, 0.3) is 11.8 Å². The van der Waals surface area contributed by atoms with Crippen molar-refractivity contribution in [3.63, 3.8) is 0 Å². The van der Waals surface area contributed by atoms with Crippen LogP contribution in [0.2, 0.25) is 5.02 Å². The largest absolute Gasteiger partial charge is 0.387 e. The SMILES string of the molecule is CN1C(=O)C(Cc2ccc3ccccc3c2)N=C(c2ccc(NC(=O)CO)nc2)c2cc(Cl)ccc21. The highest BCUT2D eigenvalue weighted by molar-refractivity contribution is 6.32. The number of aliphatic hydroxyl groups is 1. The molecule has 2 heterocycles. The molecule has 1 aromatic heterocycles. The molecule has 1 unspecified atom stereocenters. The van der Waals surface area contributed by atoms with Gasteiger partial charge in [0.1, 0.15) is 18.5 Å². The van der Waals surface area contributed by atoms with Crippen molar-refractivity contribution < 1.29 is 14.7 Å². The van der Waals surface area contributed by atoms with Gasteiger partial charge in [-0.1, -0.05) is 54.1 Å². The van der Waals surface area contributed by atoms with E-state index in [-0.39, 0.29) is 5.91 Å². The third-order valence-corrected chi connectivity index (χ3v) is 6.40. The van der Waals surface area contributed by atoms with Crippen LogP contribution in [0.5, 0.6) is 0 Å². The quantitative estimate of drug-likeness (QED) is 0.430. The predicted octanol–water partition coefficient (Wildman–Crippen LogP) is 4.24. The molecule has 0 spiro atoms. The summed E-state index contributed by atoms with van der Waals surface area (Å²) in [6.45, 7) is -0.632. The van der Waals surface area contributed by atoms with Gasteiger partial charge in [0.15, 0.2) is 0 Å². The second-order valence-electron chi connectivity index (χ2n) is 8.58. The Morgan fingerprint density at radius 3 is 2.61 bits per heavy atom. The Kier molecular flexibility index (Phi) is 6.50. The highest BCUT2D eigenvalue weighted by Crippen LogP contribution is 2.31. The molecule has 0 bridgehead atoms. The number of aliphatic imine (C=N–C) groups is 1. The van der Waals surface area contributed by atoms with Crippen LogP contribution in [0.3, 0.4) is 0 Å². The van der Waals surface area contributed by atoms with E-state index in [9.17, 15) is 9.59 Å². The van der Waals surface area contributed by atoms with Crippen molar-refractivity contribution in [2.75, 3.05) is 23.9 Å². The first-order valence-corrected chi connectivity index (χ1v) is 11.8. The van der Waals surface area contributed by atoms with Crippen molar-refractivity contribution >= 4 is 51.4 Å². The van der Waals surface area contributed by atoms with Gasteiger partial charge in [0.05, 0.1) is 11.4 Å². The van der Waals surface area contributed by atoms with Gasteiger partial charge in [-0.3, -0.25) is 14.6 Å². The van der Waals surface area contributed by atoms with Crippen molar-refractivity contribution in [2.45, 2.75) is 12.5 Å². The Morgan fingerprint density at radius 1 is 1.06 bits per heavy atom. The number of benzodiazepines with no additional fused rings is 1. The number of carbonyl (C=O) groups excluding carboxylic acids is 2. The maximum atomic E-state index is 13.5. The molecular formula is C28H23ClN4O3. The summed E-state index contributed by atoms with van der Waals surface area (Å²) in [5, 5.41) is 14.2. The molecule has 7 nitrogen and oxygen atoms in total. The van der Waals surface area contributed by atoms with Crippen molar-refractivity contribution in [1.82, 2.24) is 4.98 Å². The molecule has 1 atom stereocenters. The Hall–Kier alpha value is -4.07. The second-order valence-corrected chi connectivity index (χ2v) is 9.01. The van der Waals surface area contributed by atoms with E-state index in [0.29, 0.717) is 39.8 Å². The number of likely N-dealkylation sites (N-methyl/N-ethyl adjacent to an activating group) is 1. The number of amides is 2. The molecule has 0 fully saturated rings. The molecule has 180 valence electrons. The van der Waals surface area contributed by atoms with E-state index in [4.69, 9.17) is 21.7 Å². The van der Waals surface area contributed by atoms with Gasteiger partial charge in [0, 0.05) is 35.8 Å². The van der Waals surface area contributed by atoms with Gasteiger partial charge in [-0.2, -0.15) is 0 Å². The van der Waals surface area contributed by atoms with Gasteiger partial charge in [-0.05, 0) is 46.7 Å². The topological polar surface area (TPSA) is 94.9 Å². The molecule has 8 heteroatoms. The summed E-state index contributed by atoms with van der Waals surface area (Å²) in [4.78, 5) is 35.9. The van der Waals surface area contributed by atoms with E-state index < -0.39 is 18.6 Å². The number of nitrogens with zero attached hydrogens (tertiary/aromatic N) is 3. The number of aliphatic hydroxyl groups excluding tert-OH is 1. The Bertz CT molecular complexity index is 1500. The molecule has 0 saturated heterocycles. The lowest BCUT2D eigenvalue weighted by Crippen LogP contribution is -2.36. The first kappa shape index (κ1) is 23.7. The zero-order valence-electron chi connectivity index (χ0n) is 19.5. The van der Waals surface area contributed by atoms with Gasteiger partial charge in [0.2, 0.25) is 0 Å². The van der Waals surface area contributed by atoms with Gasteiger partial charge in [-0.15, -0.1) is 0 Å². The number of carbonyl (C=O) groups is 2. The summed E-state index contributed by atoms with van der Waals surface area (Å²) in [6, 6.07) is 22.4. The van der Waals surface area contributed by atoms with Crippen LogP contribution in [-0.4, -0.2) is 47.3 Å². The zero-order chi connectivity index (χ0) is 25.2. The first-order chi connectivity index (χ1) is 17.4. The summed E-state index contributed by atoms with van der Waals surface area (Å²) < 4.78 is 0. The molecule has 4 aromatic rings. The highest BCUT2D eigenvalue weighted by atomic mass is 35.5. The molecule has 0 saturated carbocycles. The van der Waals surface area contributed by atoms with Crippen molar-refractivity contribution in [1.29, 1.82) is 0 Å². The summed E-state index contributed by atoms with van der Waals surface area (Å²) >= 11 is 6.34. The third-order valence-electron chi connectivity index (χ3n) is 6.17. The summed E-state index contributed by atoms with van der Waals surface area (Å²) in [5.74, 6) is -0.373. The number of pyridine rings is 1. The summed E-state index contributed by atoms with van der Waals surface area (Å²) in [6.07, 6.45) is 2.01. The standard InChI is InChI=1S/C28H23ClN4O3/c1-33-24-10-9-21(29)14-22(24)27(20-8-11-25(30-15-20)32-26(35)16-34)31-23(28(33)36)13-17-6-7-18-4-2-3-5-19(18)12-17/h2-12,14-15,23,34H,13,16H2,1H3,(H,30,32,35). The normalized spacial score (nSPS) is 15.3. The van der Waals surface area contributed by atoms with E-state index in [1.165, 1.54) is 0 Å². The van der Waals surface area contributed by atoms with Gasteiger partial charge < -0.3 is 15.3 Å². The molecule has 1 aliphatic rings. The number of fused-ring (bicyclic) bond motifs is 2. The highest BCUT2D eigenvalue weighted by Gasteiger charge is 2.30. The van der Waals surface area contributed by atoms with Crippen LogP contribution in [0.4, 0.5) is 11.5 Å². The Balaban J connectivity index is 1.57. The van der Waals surface area contributed by atoms with E-state index in [1.807, 2.05) is 24.3 Å². The predicted molar refractivity (Wildman–Crippen MR) is 142 cm³/mol. The number of benzene rings is 3. The van der Waals surface area contributed by atoms with E-state index in [1.54, 1.807) is 42.4 Å². The van der Waals surface area contributed by atoms with Crippen molar-refractivity contribution in [3.05, 3.63) is 101 Å². The maximum absolute atomic E-state index is 13.5. The lowest BCUT2D eigenvalue weighted by atomic mass is 10.0. The van der Waals surface area contributed by atoms with Crippen LogP contribution >= 0.6 is 11.6 Å². The van der Waals surface area contributed by atoms with Crippen LogP contribution in [0.25, 0.3) is 10.8 Å². The molecule has 36 heavy (non-hydrogen) atoms. The maximum Gasteiger partial charge on any atom is 0.251 e. The van der Waals surface area contributed by atoms with E-state index >= 15 is 0 Å². The second kappa shape index (κ2) is 9.89. The van der Waals surface area contributed by atoms with Crippen LogP contribution in [-0.2, 0) is 16.0 Å². The monoisotopic (exact) mass is 498 g/mol. The summed E-state index contributed by atoms with van der Waals surface area (Å²) in [5.41, 5.74) is 3.68. The van der Waals surface area contributed by atoms with Gasteiger partial charge in [-0.25, -0.2) is 4.98 Å². The number of anilines is 2. The molecule has 0 radical (unpaired) electrons. The van der Waals surface area contributed by atoms with E-state index in [2.05, 4.69) is 34.6 Å². The molecule has 1 aliphatic heterocycles. The third kappa shape index (κ3) is 4.71. The van der Waals surface area contributed by atoms with E-state index in [0.717, 1.165) is 16.3 Å². The number of aromatic nitrogens is 1. The minimum Gasteiger partial charge on any atom is -0.387 e. The minimum atomic E-state index is -0.661. The molecule has 0 aliphatic carbocycles. The fourth-order valence-electron chi connectivity index (χ4n) is 4.36. The smallest absolute Gasteiger partial charge is 0.251 e. The molecule has 2 N–H and O–H groups in total. The first-order valence-electron chi connectivity index (χ1n) is 11.4. The average molecular weight is 499 g/mol. The molecule has 2 amide bonds. The fraction of sp³-hybridized carbons (Fsp3) is 0.143. The van der Waals surface area contributed by atoms with Crippen LogP contribution in [0, 0.1) is 0 Å². The fourth-order valence-corrected chi connectivity index (χ4v) is 4.53. The zero-order valence-corrected chi connectivity index (χ0v) is 20.2. The van der Waals surface area contributed by atoms with Crippen LogP contribution in [0.15, 0.2) is 84.0 Å². The van der Waals surface area contributed by atoms with Gasteiger partial charge >= 0.3 is 0 Å². The number of nitrogens with one attached hydrogen (secondary N) is 1. The lowest BCUT2D eigenvalue weighted by Gasteiger charge is -2.20. The summed E-state index contributed by atoms with van der Waals surface area (Å²) in [7, 11) is 1.74. The number of halogens is 1. The average Bonchev–Trinajstić information content (AvgIpc) is 2.99. The molecule has 5 rings (SSSR count). The number of hydrogen-bond acceptors (Lipinski definition) is 5. The Labute approximate surface area is 213 Å². The number of rotatable bonds is 5. The minimum absolute atomic E-state index is 0.124. The van der Waals surface area contributed by atoms with Crippen LogP contribution < -0.4 is 10.2 Å². The molecule has 3 aromatic carbocycles. The van der Waals surface area contributed by atoms with Crippen LogP contribution in [0.1, 0.15) is 16.7 Å². The number of hydrogen-bond donors (Lipinski definition) is 2. The molecular weight excluding hydrogens is 476 g/mol. The van der Waals surface area contributed by atoms with Crippen molar-refractivity contribution in [3.8, 4) is 0 Å². The van der Waals surface area contributed by atoms with Crippen molar-refractivity contribution in [2.24, 2.45) is 4.99 Å². The Morgan fingerprint density at radius 2 is 1.86 bits per heavy atom.